The number of hydrogen-bond acceptors (Lipinski definition) is 5. The highest BCUT2D eigenvalue weighted by Gasteiger charge is 2.19. The van der Waals surface area contributed by atoms with Gasteiger partial charge in [0.15, 0.2) is 5.96 Å². The molecule has 1 aromatic heterocycles. The van der Waals surface area contributed by atoms with Crippen LogP contribution in [0.3, 0.4) is 0 Å². The van der Waals surface area contributed by atoms with Crippen molar-refractivity contribution >= 4 is 27.3 Å². The lowest BCUT2D eigenvalue weighted by Gasteiger charge is -2.12. The molecule has 1 heterocycles. The first-order valence-electron chi connectivity index (χ1n) is 8.80. The van der Waals surface area contributed by atoms with Crippen molar-refractivity contribution in [1.29, 1.82) is 0 Å². The summed E-state index contributed by atoms with van der Waals surface area (Å²) in [5.74, 6) is 0.559. The van der Waals surface area contributed by atoms with Crippen molar-refractivity contribution in [3.63, 3.8) is 0 Å². The summed E-state index contributed by atoms with van der Waals surface area (Å²) in [4.78, 5) is 5.22. The first-order valence-corrected chi connectivity index (χ1v) is 11.1. The molecule has 2 rings (SSSR count). The number of ether oxygens (including phenoxy) is 1. The van der Waals surface area contributed by atoms with Crippen molar-refractivity contribution in [2.24, 2.45) is 4.99 Å². The van der Waals surface area contributed by atoms with Gasteiger partial charge in [0.2, 0.25) is 0 Å². The number of nitrogens with zero attached hydrogens (tertiary/aromatic N) is 2. The second kappa shape index (κ2) is 10.5. The summed E-state index contributed by atoms with van der Waals surface area (Å²) in [6.45, 7) is 0.110. The summed E-state index contributed by atoms with van der Waals surface area (Å²) in [6, 6.07) is 9.78. The van der Waals surface area contributed by atoms with Gasteiger partial charge in [0, 0.05) is 31.1 Å². The summed E-state index contributed by atoms with van der Waals surface area (Å²) in [6.07, 6.45) is 0. The van der Waals surface area contributed by atoms with E-state index in [1.54, 1.807) is 30.3 Å². The van der Waals surface area contributed by atoms with Crippen LogP contribution in [0.15, 0.2) is 45.6 Å². The van der Waals surface area contributed by atoms with E-state index in [-0.39, 0.29) is 16.5 Å². The van der Waals surface area contributed by atoms with E-state index in [1.807, 2.05) is 6.92 Å². The van der Waals surface area contributed by atoms with E-state index in [4.69, 9.17) is 0 Å². The smallest absolute Gasteiger partial charge is 0.387 e. The van der Waals surface area contributed by atoms with Crippen LogP contribution >= 0.6 is 11.3 Å². The van der Waals surface area contributed by atoms with Gasteiger partial charge in [-0.25, -0.2) is 17.7 Å². The van der Waals surface area contributed by atoms with Crippen molar-refractivity contribution in [3.05, 3.63) is 46.8 Å². The maximum absolute atomic E-state index is 12.5. The monoisotopic (exact) mass is 446 g/mol. The normalized spacial score (nSPS) is 12.4. The molecule has 0 aliphatic carbocycles. The third kappa shape index (κ3) is 6.65. The van der Waals surface area contributed by atoms with Crippen LogP contribution in [0.5, 0.6) is 5.75 Å². The van der Waals surface area contributed by atoms with Gasteiger partial charge in [0.25, 0.3) is 10.0 Å². The zero-order valence-electron chi connectivity index (χ0n) is 16.4. The first kappa shape index (κ1) is 23.0. The number of alkyl halides is 2. The number of halogens is 2. The van der Waals surface area contributed by atoms with Crippen LogP contribution in [0.25, 0.3) is 0 Å². The molecule has 0 aliphatic rings. The third-order valence-corrected chi connectivity index (χ3v) is 7.11. The molecule has 0 radical (unpaired) electrons. The van der Waals surface area contributed by atoms with Crippen LogP contribution in [0, 0.1) is 0 Å². The molecule has 1 aromatic carbocycles. The minimum absolute atomic E-state index is 0.0823. The highest BCUT2D eigenvalue weighted by Crippen LogP contribution is 2.24. The second-order valence-electron chi connectivity index (χ2n) is 6.04. The van der Waals surface area contributed by atoms with Gasteiger partial charge in [-0.3, -0.25) is 0 Å². The van der Waals surface area contributed by atoms with Crippen LogP contribution in [0.4, 0.5) is 8.78 Å². The highest BCUT2D eigenvalue weighted by molar-refractivity contribution is 7.91. The van der Waals surface area contributed by atoms with Crippen molar-refractivity contribution < 1.29 is 21.9 Å². The number of guanidine groups is 1. The van der Waals surface area contributed by atoms with Gasteiger partial charge in [-0.2, -0.15) is 8.78 Å². The average molecular weight is 447 g/mol. The van der Waals surface area contributed by atoms with Crippen LogP contribution in [-0.4, -0.2) is 45.9 Å². The lowest BCUT2D eigenvalue weighted by molar-refractivity contribution is -0.0504. The van der Waals surface area contributed by atoms with Crippen molar-refractivity contribution in [2.45, 2.75) is 30.8 Å². The molecular formula is C18H24F2N4O3S2. The molecule has 29 heavy (non-hydrogen) atoms. The Morgan fingerprint density at radius 3 is 2.59 bits per heavy atom. The molecule has 160 valence electrons. The topological polar surface area (TPSA) is 83.0 Å². The van der Waals surface area contributed by atoms with Gasteiger partial charge >= 0.3 is 6.61 Å². The molecule has 11 heteroatoms. The van der Waals surface area contributed by atoms with Crippen LogP contribution < -0.4 is 15.4 Å². The maximum Gasteiger partial charge on any atom is 0.387 e. The molecule has 0 fully saturated rings. The number of sulfonamides is 1. The fourth-order valence-corrected chi connectivity index (χ4v) is 4.76. The van der Waals surface area contributed by atoms with Gasteiger partial charge in [0.1, 0.15) is 9.96 Å². The van der Waals surface area contributed by atoms with Crippen molar-refractivity contribution in [2.75, 3.05) is 20.6 Å². The molecule has 0 bridgehead atoms. The Kier molecular flexibility index (Phi) is 8.35. The minimum atomic E-state index is -3.46. The fourth-order valence-electron chi connectivity index (χ4n) is 2.29. The maximum atomic E-state index is 12.5. The van der Waals surface area contributed by atoms with E-state index in [0.717, 1.165) is 4.88 Å². The van der Waals surface area contributed by atoms with E-state index >= 15 is 0 Å². The molecule has 0 saturated carbocycles. The Balaban J connectivity index is 2.07. The van der Waals surface area contributed by atoms with Gasteiger partial charge in [-0.05, 0) is 25.1 Å². The lowest BCUT2D eigenvalue weighted by atomic mass is 10.2. The van der Waals surface area contributed by atoms with Crippen LogP contribution in [0.1, 0.15) is 17.4 Å². The molecule has 0 aliphatic heterocycles. The largest absolute Gasteiger partial charge is 0.434 e. The summed E-state index contributed by atoms with van der Waals surface area (Å²) in [5.41, 5.74) is 0.528. The number of hydrogen-bond donors (Lipinski definition) is 2. The molecule has 2 aromatic rings. The van der Waals surface area contributed by atoms with E-state index in [9.17, 15) is 17.2 Å². The summed E-state index contributed by atoms with van der Waals surface area (Å²) in [5, 5.41) is 6.18. The first-order chi connectivity index (χ1) is 13.7. The molecule has 7 nitrogen and oxygen atoms in total. The number of nitrogens with one attached hydrogen (secondary N) is 2. The number of rotatable bonds is 9. The van der Waals surface area contributed by atoms with Gasteiger partial charge in [-0.1, -0.05) is 18.2 Å². The number of aliphatic imine (C=N–C) groups is 1. The Morgan fingerprint density at radius 1 is 1.21 bits per heavy atom. The zero-order valence-corrected chi connectivity index (χ0v) is 18.0. The van der Waals surface area contributed by atoms with Gasteiger partial charge in [-0.15, -0.1) is 11.3 Å². The predicted octanol–water partition coefficient (Wildman–Crippen LogP) is 2.86. The van der Waals surface area contributed by atoms with Crippen LogP contribution in [-0.2, 0) is 23.1 Å². The molecular weight excluding hydrogens is 422 g/mol. The fraction of sp³-hybridized carbons (Fsp3) is 0.389. The molecule has 0 spiro atoms. The van der Waals surface area contributed by atoms with E-state index < -0.39 is 16.6 Å². The average Bonchev–Trinajstić information content (AvgIpc) is 3.14. The molecule has 0 atom stereocenters. The molecule has 2 N–H and O–H groups in total. The summed E-state index contributed by atoms with van der Waals surface area (Å²) < 4.78 is 55.4. The Hall–Kier alpha value is -2.24. The SMILES string of the molecule is CCNC(=NCc1ccccc1OC(F)F)NCc1ccc(S(=O)(=O)N(C)C)s1. The van der Waals surface area contributed by atoms with E-state index in [2.05, 4.69) is 20.4 Å². The Labute approximate surface area is 173 Å². The predicted molar refractivity (Wildman–Crippen MR) is 110 cm³/mol. The molecule has 0 unspecified atom stereocenters. The van der Waals surface area contributed by atoms with Crippen LogP contribution in [0.2, 0.25) is 0 Å². The lowest BCUT2D eigenvalue weighted by Crippen LogP contribution is -2.36. The standard InChI is InChI=1S/C18H24F2N4O3S2/c1-4-21-18(22-11-13-7-5-6-8-15(13)27-17(19)20)23-12-14-9-10-16(28-14)29(25,26)24(2)3/h5-10,17H,4,11-12H2,1-3H3,(H2,21,22,23). The molecule has 0 amide bonds. The number of benzene rings is 1. The van der Waals surface area contributed by atoms with Gasteiger partial charge < -0.3 is 15.4 Å². The Bertz CT molecular complexity index is 931. The molecule has 0 saturated heterocycles. The van der Waals surface area contributed by atoms with Gasteiger partial charge in [0.05, 0.1) is 13.1 Å². The number of thiophene rings is 1. The van der Waals surface area contributed by atoms with E-state index in [0.29, 0.717) is 24.6 Å². The quantitative estimate of drug-likeness (QED) is 0.457. The van der Waals surface area contributed by atoms with Crippen molar-refractivity contribution in [3.8, 4) is 5.75 Å². The number of para-hydroxylation sites is 1. The minimum Gasteiger partial charge on any atom is -0.434 e. The summed E-state index contributed by atoms with van der Waals surface area (Å²) >= 11 is 1.17. The van der Waals surface area contributed by atoms with E-state index in [1.165, 1.54) is 35.8 Å². The second-order valence-corrected chi connectivity index (χ2v) is 9.59. The zero-order chi connectivity index (χ0) is 21.4. The summed E-state index contributed by atoms with van der Waals surface area (Å²) in [7, 11) is -0.494. The highest BCUT2D eigenvalue weighted by atomic mass is 32.2. The third-order valence-electron chi connectivity index (χ3n) is 3.74. The Morgan fingerprint density at radius 2 is 1.93 bits per heavy atom. The van der Waals surface area contributed by atoms with Crippen molar-refractivity contribution in [1.82, 2.24) is 14.9 Å².